The monoisotopic (exact) mass is 497 g/mol. The van der Waals surface area contributed by atoms with E-state index in [9.17, 15) is 4.79 Å². The Labute approximate surface area is 212 Å². The average Bonchev–Trinajstić information content (AvgIpc) is 3.16. The van der Waals surface area contributed by atoms with Crippen LogP contribution in [0.5, 0.6) is 0 Å². The van der Waals surface area contributed by atoms with Crippen molar-refractivity contribution in [3.8, 4) is 0 Å². The molecule has 0 radical (unpaired) electrons. The molecule has 1 N–H and O–H groups in total. The van der Waals surface area contributed by atoms with E-state index in [-0.39, 0.29) is 5.97 Å². The summed E-state index contributed by atoms with van der Waals surface area (Å²) in [5, 5.41) is 5.01. The second kappa shape index (κ2) is 12.5. The minimum absolute atomic E-state index is 0.221. The molecule has 1 aromatic heterocycles. The van der Waals surface area contributed by atoms with Crippen LogP contribution in [0.3, 0.4) is 0 Å². The van der Waals surface area contributed by atoms with Crippen molar-refractivity contribution in [3.05, 3.63) is 58.0 Å². The summed E-state index contributed by atoms with van der Waals surface area (Å²) in [6.07, 6.45) is 11.2. The van der Waals surface area contributed by atoms with Crippen LogP contribution in [-0.2, 0) is 17.6 Å². The maximum atomic E-state index is 12.9. The fourth-order valence-corrected chi connectivity index (χ4v) is 6.26. The van der Waals surface area contributed by atoms with E-state index in [1.165, 1.54) is 35.3 Å². The first-order valence-electron chi connectivity index (χ1n) is 12.5. The first-order valence-corrected chi connectivity index (χ1v) is 13.7. The van der Waals surface area contributed by atoms with Gasteiger partial charge in [0.1, 0.15) is 5.00 Å². The molecule has 34 heavy (non-hydrogen) atoms. The quantitative estimate of drug-likeness (QED) is 0.413. The van der Waals surface area contributed by atoms with Crippen molar-refractivity contribution in [3.63, 3.8) is 0 Å². The summed E-state index contributed by atoms with van der Waals surface area (Å²) in [5.74, 6) is -0.221. The number of nitrogens with zero attached hydrogens (tertiary/aromatic N) is 2. The number of benzene rings is 1. The largest absolute Gasteiger partial charge is 0.462 e. The van der Waals surface area contributed by atoms with Crippen LogP contribution in [0.25, 0.3) is 6.08 Å². The van der Waals surface area contributed by atoms with Gasteiger partial charge in [0.15, 0.2) is 5.11 Å². The molecule has 0 spiro atoms. The Morgan fingerprint density at radius 2 is 1.82 bits per heavy atom. The molecule has 0 atom stereocenters. The van der Waals surface area contributed by atoms with E-state index in [4.69, 9.17) is 17.0 Å². The highest BCUT2D eigenvalue weighted by Crippen LogP contribution is 2.37. The molecule has 1 aliphatic heterocycles. The van der Waals surface area contributed by atoms with Crippen LogP contribution in [0.1, 0.15) is 59.0 Å². The molecule has 0 unspecified atom stereocenters. The molecule has 0 bridgehead atoms. The van der Waals surface area contributed by atoms with E-state index in [1.54, 1.807) is 11.3 Å². The predicted molar refractivity (Wildman–Crippen MR) is 146 cm³/mol. The highest BCUT2D eigenvalue weighted by Gasteiger charge is 2.27. The fourth-order valence-electron chi connectivity index (χ4n) is 4.64. The van der Waals surface area contributed by atoms with E-state index in [2.05, 4.69) is 51.5 Å². The van der Waals surface area contributed by atoms with Crippen LogP contribution in [0, 0.1) is 0 Å². The molecule has 182 valence electrons. The minimum Gasteiger partial charge on any atom is -0.462 e. The molecular weight excluding hydrogens is 462 g/mol. The number of carbonyl (C=O) groups excluding carboxylic acids is 1. The smallest absolute Gasteiger partial charge is 0.341 e. The first kappa shape index (κ1) is 24.9. The number of thiocarbonyl (C=S) groups is 1. The van der Waals surface area contributed by atoms with Crippen LogP contribution in [0.15, 0.2) is 36.4 Å². The van der Waals surface area contributed by atoms with Gasteiger partial charge < -0.3 is 15.0 Å². The molecule has 1 saturated heterocycles. The van der Waals surface area contributed by atoms with Crippen molar-refractivity contribution >= 4 is 45.7 Å². The zero-order chi connectivity index (χ0) is 23.8. The van der Waals surface area contributed by atoms with Gasteiger partial charge in [-0.2, -0.15) is 0 Å². The Balaban J connectivity index is 1.36. The molecule has 1 aliphatic carbocycles. The Morgan fingerprint density at radius 3 is 2.56 bits per heavy atom. The summed E-state index contributed by atoms with van der Waals surface area (Å²) in [5.41, 5.74) is 3.13. The maximum Gasteiger partial charge on any atom is 0.341 e. The second-order valence-corrected chi connectivity index (χ2v) is 10.4. The Kier molecular flexibility index (Phi) is 9.13. The van der Waals surface area contributed by atoms with E-state index in [0.29, 0.717) is 11.7 Å². The van der Waals surface area contributed by atoms with E-state index in [0.717, 1.165) is 62.6 Å². The molecule has 1 fully saturated rings. The van der Waals surface area contributed by atoms with Gasteiger partial charge in [0.25, 0.3) is 0 Å². The summed E-state index contributed by atoms with van der Waals surface area (Å²) in [7, 11) is 0. The summed E-state index contributed by atoms with van der Waals surface area (Å²) in [4.78, 5) is 18.9. The highest BCUT2D eigenvalue weighted by atomic mass is 32.1. The van der Waals surface area contributed by atoms with Gasteiger partial charge in [0, 0.05) is 37.6 Å². The number of carbonyl (C=O) groups is 1. The molecule has 0 amide bonds. The molecule has 2 aliphatic rings. The van der Waals surface area contributed by atoms with Gasteiger partial charge in [-0.15, -0.1) is 11.3 Å². The lowest BCUT2D eigenvalue weighted by molar-refractivity contribution is 0.0526. The van der Waals surface area contributed by atoms with E-state index < -0.39 is 0 Å². The van der Waals surface area contributed by atoms with Crippen molar-refractivity contribution in [1.82, 2.24) is 9.80 Å². The number of hydrogen-bond acceptors (Lipinski definition) is 5. The predicted octanol–water partition coefficient (Wildman–Crippen LogP) is 5.61. The molecule has 4 rings (SSSR count). The number of fused-ring (bicyclic) bond motifs is 1. The zero-order valence-corrected chi connectivity index (χ0v) is 21.7. The lowest BCUT2D eigenvalue weighted by Crippen LogP contribution is -2.49. The van der Waals surface area contributed by atoms with Crippen molar-refractivity contribution in [1.29, 1.82) is 0 Å². The van der Waals surface area contributed by atoms with Gasteiger partial charge in [-0.1, -0.05) is 55.3 Å². The van der Waals surface area contributed by atoms with Crippen LogP contribution < -0.4 is 5.32 Å². The van der Waals surface area contributed by atoms with Gasteiger partial charge >= 0.3 is 5.97 Å². The van der Waals surface area contributed by atoms with Gasteiger partial charge in [-0.05, 0) is 56.0 Å². The number of nitrogens with one attached hydrogen (secondary N) is 1. The van der Waals surface area contributed by atoms with Crippen LogP contribution in [-0.4, -0.2) is 60.2 Å². The number of esters is 1. The average molecular weight is 498 g/mol. The second-order valence-electron chi connectivity index (χ2n) is 8.87. The lowest BCUT2D eigenvalue weighted by atomic mass is 9.96. The van der Waals surface area contributed by atoms with E-state index in [1.807, 2.05) is 13.0 Å². The third kappa shape index (κ3) is 6.46. The normalized spacial score (nSPS) is 17.1. The number of rotatable bonds is 6. The molecule has 2 aromatic rings. The summed E-state index contributed by atoms with van der Waals surface area (Å²) >= 11 is 7.48. The van der Waals surface area contributed by atoms with Gasteiger partial charge in [-0.3, -0.25) is 4.90 Å². The van der Waals surface area contributed by atoms with Crippen LogP contribution in [0.4, 0.5) is 5.00 Å². The zero-order valence-electron chi connectivity index (χ0n) is 20.1. The third-order valence-electron chi connectivity index (χ3n) is 6.50. The number of ether oxygens (including phenoxy) is 1. The van der Waals surface area contributed by atoms with Crippen molar-refractivity contribution in [2.45, 2.75) is 45.4 Å². The van der Waals surface area contributed by atoms with Crippen LogP contribution in [0.2, 0.25) is 0 Å². The Bertz CT molecular complexity index is 995. The van der Waals surface area contributed by atoms with Crippen molar-refractivity contribution in [2.24, 2.45) is 0 Å². The fraction of sp³-hybridized carbons (Fsp3) is 0.481. The molecule has 1 aromatic carbocycles. The standard InChI is InChI=1S/C27H35N3O2S2/c1-2-32-26(31)24-22-14-8-3-4-9-15-23(22)34-25(24)28-27(33)30-19-17-29(18-20-30)16-10-13-21-11-6-5-7-12-21/h5-7,10-13H,2-4,8-9,14-20H2,1H3,(H,28,33)/b13-10+. The third-order valence-corrected chi connectivity index (χ3v) is 8.07. The van der Waals surface area contributed by atoms with Gasteiger partial charge in [0.2, 0.25) is 0 Å². The SMILES string of the molecule is CCOC(=O)c1c(NC(=S)N2CCN(C/C=C/c3ccccc3)CC2)sc2c1CCCCCC2. The van der Waals surface area contributed by atoms with Crippen molar-refractivity contribution < 1.29 is 9.53 Å². The Hall–Kier alpha value is -2.22. The summed E-state index contributed by atoms with van der Waals surface area (Å²) in [6.45, 7) is 6.87. The number of thiophene rings is 1. The first-order chi connectivity index (χ1) is 16.7. The lowest BCUT2D eigenvalue weighted by Gasteiger charge is -2.35. The number of aryl methyl sites for hydroxylation is 1. The summed E-state index contributed by atoms with van der Waals surface area (Å²) in [6, 6.07) is 10.4. The van der Waals surface area contributed by atoms with Crippen molar-refractivity contribution in [2.75, 3.05) is 44.6 Å². The van der Waals surface area contributed by atoms with Crippen LogP contribution >= 0.6 is 23.6 Å². The molecular formula is C27H35N3O2S2. The Morgan fingerprint density at radius 1 is 1.09 bits per heavy atom. The topological polar surface area (TPSA) is 44.8 Å². The van der Waals surface area contributed by atoms with Gasteiger partial charge in [-0.25, -0.2) is 4.79 Å². The molecule has 0 saturated carbocycles. The number of anilines is 1. The maximum absolute atomic E-state index is 12.9. The number of hydrogen-bond donors (Lipinski definition) is 1. The molecule has 2 heterocycles. The molecule has 5 nitrogen and oxygen atoms in total. The number of piperazine rings is 1. The molecule has 7 heteroatoms. The van der Waals surface area contributed by atoms with Gasteiger partial charge in [0.05, 0.1) is 12.2 Å². The van der Waals surface area contributed by atoms with E-state index >= 15 is 0 Å². The summed E-state index contributed by atoms with van der Waals surface area (Å²) < 4.78 is 5.43. The minimum atomic E-state index is -0.221. The highest BCUT2D eigenvalue weighted by molar-refractivity contribution is 7.80.